The molecule has 1 amide bonds. The number of hydrogen-bond acceptors (Lipinski definition) is 4. The van der Waals surface area contributed by atoms with Gasteiger partial charge in [-0.25, -0.2) is 0 Å². The number of aryl methyl sites for hydroxylation is 1. The van der Waals surface area contributed by atoms with E-state index in [0.29, 0.717) is 11.8 Å². The van der Waals surface area contributed by atoms with Gasteiger partial charge in [-0.15, -0.1) is 0 Å². The third kappa shape index (κ3) is 6.08. The Kier molecular flexibility index (Phi) is 7.46. The number of anilines is 1. The molecule has 0 spiro atoms. The number of carbonyl (C=O) groups is 1. The average Bonchev–Trinajstić information content (AvgIpc) is 3.17. The monoisotopic (exact) mass is 381 g/mol. The third-order valence-corrected chi connectivity index (χ3v) is 5.24. The van der Waals surface area contributed by atoms with Crippen LogP contribution in [0.1, 0.15) is 30.9 Å². The molecule has 3 rings (SSSR count). The molecule has 5 heteroatoms. The van der Waals surface area contributed by atoms with Gasteiger partial charge in [0.2, 0.25) is 0 Å². The first-order chi connectivity index (χ1) is 13.6. The number of amides is 1. The maximum atomic E-state index is 12.0. The second kappa shape index (κ2) is 10.2. The zero-order valence-corrected chi connectivity index (χ0v) is 16.9. The SMILES string of the molecule is CCN1CCC[C@@H]1CNCc1ccc(OCC(=O)Nc2ccc(C)cc2)cc1. The highest BCUT2D eigenvalue weighted by molar-refractivity contribution is 5.91. The first-order valence-electron chi connectivity index (χ1n) is 10.2. The highest BCUT2D eigenvalue weighted by atomic mass is 16.5. The highest BCUT2D eigenvalue weighted by Gasteiger charge is 2.21. The van der Waals surface area contributed by atoms with E-state index < -0.39 is 0 Å². The molecule has 2 N–H and O–H groups in total. The van der Waals surface area contributed by atoms with E-state index in [1.165, 1.54) is 24.9 Å². The normalized spacial score (nSPS) is 16.9. The van der Waals surface area contributed by atoms with Crippen LogP contribution in [0.4, 0.5) is 5.69 Å². The summed E-state index contributed by atoms with van der Waals surface area (Å²) in [6.07, 6.45) is 2.60. The molecular formula is C23H31N3O2. The maximum absolute atomic E-state index is 12.0. The minimum atomic E-state index is -0.161. The Bertz CT molecular complexity index is 743. The number of likely N-dealkylation sites (N-methyl/N-ethyl adjacent to an activating group) is 1. The fourth-order valence-electron chi connectivity index (χ4n) is 3.61. The number of likely N-dealkylation sites (tertiary alicyclic amines) is 1. The molecule has 0 aromatic heterocycles. The molecule has 0 unspecified atom stereocenters. The summed E-state index contributed by atoms with van der Waals surface area (Å²) in [6.45, 7) is 8.50. The Balaban J connectivity index is 1.38. The fraction of sp³-hybridized carbons (Fsp3) is 0.435. The molecule has 1 aliphatic rings. The van der Waals surface area contributed by atoms with Gasteiger partial charge >= 0.3 is 0 Å². The lowest BCUT2D eigenvalue weighted by molar-refractivity contribution is -0.118. The number of nitrogens with zero attached hydrogens (tertiary/aromatic N) is 1. The van der Waals surface area contributed by atoms with Crippen molar-refractivity contribution in [2.24, 2.45) is 0 Å². The molecule has 2 aromatic carbocycles. The molecular weight excluding hydrogens is 350 g/mol. The van der Waals surface area contributed by atoms with Crippen LogP contribution < -0.4 is 15.4 Å². The minimum absolute atomic E-state index is 0.00000551. The molecule has 1 heterocycles. The van der Waals surface area contributed by atoms with Gasteiger partial charge < -0.3 is 15.4 Å². The Morgan fingerprint density at radius 3 is 2.61 bits per heavy atom. The summed E-state index contributed by atoms with van der Waals surface area (Å²) in [5, 5.41) is 6.40. The molecule has 1 atom stereocenters. The number of rotatable bonds is 9. The maximum Gasteiger partial charge on any atom is 0.262 e. The van der Waals surface area contributed by atoms with Crippen molar-refractivity contribution < 1.29 is 9.53 Å². The molecule has 0 bridgehead atoms. The third-order valence-electron chi connectivity index (χ3n) is 5.24. The van der Waals surface area contributed by atoms with Crippen LogP contribution in [0, 0.1) is 6.92 Å². The molecule has 150 valence electrons. The van der Waals surface area contributed by atoms with E-state index in [9.17, 15) is 4.79 Å². The minimum Gasteiger partial charge on any atom is -0.484 e. The van der Waals surface area contributed by atoms with E-state index in [2.05, 4.69) is 22.5 Å². The van der Waals surface area contributed by atoms with Crippen molar-refractivity contribution in [1.29, 1.82) is 0 Å². The van der Waals surface area contributed by atoms with Crippen LogP contribution in [0.3, 0.4) is 0 Å². The average molecular weight is 382 g/mol. The van der Waals surface area contributed by atoms with Crippen LogP contribution in [-0.2, 0) is 11.3 Å². The van der Waals surface area contributed by atoms with Crippen LogP contribution in [0.5, 0.6) is 5.75 Å². The first-order valence-corrected chi connectivity index (χ1v) is 10.2. The summed E-state index contributed by atoms with van der Waals surface area (Å²) in [7, 11) is 0. The van der Waals surface area contributed by atoms with Crippen molar-refractivity contribution in [1.82, 2.24) is 10.2 Å². The van der Waals surface area contributed by atoms with Gasteiger partial charge in [0.15, 0.2) is 6.61 Å². The van der Waals surface area contributed by atoms with Gasteiger partial charge in [0, 0.05) is 24.8 Å². The number of carbonyl (C=O) groups excluding carboxylic acids is 1. The summed E-state index contributed by atoms with van der Waals surface area (Å²) in [5.74, 6) is 0.544. The van der Waals surface area contributed by atoms with Crippen LogP contribution in [0.25, 0.3) is 0 Å². The van der Waals surface area contributed by atoms with Crippen LogP contribution in [0.2, 0.25) is 0 Å². The molecule has 0 aliphatic carbocycles. The summed E-state index contributed by atoms with van der Waals surface area (Å²) >= 11 is 0. The predicted octanol–water partition coefficient (Wildman–Crippen LogP) is 3.59. The van der Waals surface area contributed by atoms with Crippen LogP contribution >= 0.6 is 0 Å². The first kappa shape index (κ1) is 20.4. The van der Waals surface area contributed by atoms with E-state index in [0.717, 1.165) is 30.9 Å². The summed E-state index contributed by atoms with van der Waals surface area (Å²) in [6, 6.07) is 16.3. The van der Waals surface area contributed by atoms with Gasteiger partial charge in [-0.05, 0) is 62.7 Å². The van der Waals surface area contributed by atoms with E-state index in [-0.39, 0.29) is 12.5 Å². The Hall–Kier alpha value is -2.37. The standard InChI is InChI=1S/C23H31N3O2/c1-3-26-14-4-5-21(26)16-24-15-19-8-12-22(13-9-19)28-17-23(27)25-20-10-6-18(2)7-11-20/h6-13,21,24H,3-5,14-17H2,1-2H3,(H,25,27)/t21-/m1/s1. The molecule has 5 nitrogen and oxygen atoms in total. The molecule has 1 saturated heterocycles. The van der Waals surface area contributed by atoms with Crippen LogP contribution in [-0.4, -0.2) is 43.1 Å². The smallest absolute Gasteiger partial charge is 0.262 e. The summed E-state index contributed by atoms with van der Waals surface area (Å²) in [5.41, 5.74) is 3.16. The van der Waals surface area contributed by atoms with Crippen molar-refractivity contribution in [3.8, 4) is 5.75 Å². The lowest BCUT2D eigenvalue weighted by Crippen LogP contribution is -2.37. The van der Waals surface area contributed by atoms with Gasteiger partial charge in [0.25, 0.3) is 5.91 Å². The van der Waals surface area contributed by atoms with E-state index in [1.807, 2.05) is 55.5 Å². The highest BCUT2D eigenvalue weighted by Crippen LogP contribution is 2.16. The van der Waals surface area contributed by atoms with Gasteiger partial charge in [-0.3, -0.25) is 9.69 Å². The van der Waals surface area contributed by atoms with Crippen molar-refractivity contribution in [3.05, 3.63) is 59.7 Å². The van der Waals surface area contributed by atoms with Crippen molar-refractivity contribution >= 4 is 11.6 Å². The zero-order valence-electron chi connectivity index (χ0n) is 16.9. The molecule has 0 saturated carbocycles. The molecule has 1 fully saturated rings. The Labute approximate surface area is 168 Å². The molecule has 1 aliphatic heterocycles. The number of nitrogens with one attached hydrogen (secondary N) is 2. The van der Waals surface area contributed by atoms with Gasteiger partial charge in [0.05, 0.1) is 0 Å². The number of hydrogen-bond donors (Lipinski definition) is 2. The van der Waals surface area contributed by atoms with Gasteiger partial charge in [0.1, 0.15) is 5.75 Å². The molecule has 0 radical (unpaired) electrons. The largest absolute Gasteiger partial charge is 0.484 e. The quantitative estimate of drug-likeness (QED) is 0.697. The predicted molar refractivity (Wildman–Crippen MR) is 114 cm³/mol. The van der Waals surface area contributed by atoms with Crippen molar-refractivity contribution in [2.75, 3.05) is 31.6 Å². The van der Waals surface area contributed by atoms with Gasteiger partial charge in [-0.2, -0.15) is 0 Å². The van der Waals surface area contributed by atoms with Crippen molar-refractivity contribution in [3.63, 3.8) is 0 Å². The van der Waals surface area contributed by atoms with E-state index >= 15 is 0 Å². The number of benzene rings is 2. The Morgan fingerprint density at radius 2 is 1.89 bits per heavy atom. The van der Waals surface area contributed by atoms with Gasteiger partial charge in [-0.1, -0.05) is 36.8 Å². The van der Waals surface area contributed by atoms with Crippen molar-refractivity contribution in [2.45, 2.75) is 39.3 Å². The van der Waals surface area contributed by atoms with E-state index in [1.54, 1.807) is 0 Å². The lowest BCUT2D eigenvalue weighted by Gasteiger charge is -2.23. The lowest BCUT2D eigenvalue weighted by atomic mass is 10.2. The molecule has 28 heavy (non-hydrogen) atoms. The second-order valence-corrected chi connectivity index (χ2v) is 7.40. The van der Waals surface area contributed by atoms with Crippen LogP contribution in [0.15, 0.2) is 48.5 Å². The summed E-state index contributed by atoms with van der Waals surface area (Å²) in [4.78, 5) is 14.6. The Morgan fingerprint density at radius 1 is 1.14 bits per heavy atom. The summed E-state index contributed by atoms with van der Waals surface area (Å²) < 4.78 is 5.59. The zero-order chi connectivity index (χ0) is 19.8. The van der Waals surface area contributed by atoms with E-state index in [4.69, 9.17) is 4.74 Å². The fourth-order valence-corrected chi connectivity index (χ4v) is 3.61. The number of ether oxygens (including phenoxy) is 1. The molecule has 2 aromatic rings. The second-order valence-electron chi connectivity index (χ2n) is 7.40. The topological polar surface area (TPSA) is 53.6 Å².